The second kappa shape index (κ2) is 32.2. The maximum atomic E-state index is 14.4. The number of rotatable bonds is 28. The summed E-state index contributed by atoms with van der Waals surface area (Å²) < 4.78 is 0. The van der Waals surface area contributed by atoms with Crippen LogP contribution < -0.4 is 48.3 Å². The van der Waals surface area contributed by atoms with Crippen LogP contribution in [0, 0.1) is 17.8 Å². The fourth-order valence-corrected chi connectivity index (χ4v) is 9.03. The van der Waals surface area contributed by atoms with Crippen molar-refractivity contribution in [3.63, 3.8) is 0 Å². The van der Waals surface area contributed by atoms with Gasteiger partial charge in [0.1, 0.15) is 54.4 Å². The van der Waals surface area contributed by atoms with Gasteiger partial charge in [0.25, 0.3) is 5.97 Å². The fraction of sp³-hybridized carbons (Fsp3) is 0.760. The van der Waals surface area contributed by atoms with Gasteiger partial charge in [0.2, 0.25) is 53.2 Å². The van der Waals surface area contributed by atoms with Crippen molar-refractivity contribution in [2.24, 2.45) is 23.5 Å². The normalized spacial score (nSPS) is 19.9. The first-order valence-electron chi connectivity index (χ1n) is 26.4. The van der Waals surface area contributed by atoms with Gasteiger partial charge < -0.3 is 73.4 Å². The third kappa shape index (κ3) is 21.3. The molecule has 3 aliphatic rings. The molecule has 3 heterocycles. The minimum atomic E-state index is -1.41. The van der Waals surface area contributed by atoms with Crippen LogP contribution in [0.3, 0.4) is 0 Å². The summed E-state index contributed by atoms with van der Waals surface area (Å²) in [6.45, 7) is 15.6. The molecule has 13 N–H and O–H groups in total. The molecule has 3 aliphatic heterocycles. The molecule has 9 amide bonds. The van der Waals surface area contributed by atoms with Gasteiger partial charge in [-0.15, -0.1) is 0 Å². The summed E-state index contributed by atoms with van der Waals surface area (Å²) in [5.41, 5.74) is 5.54. The van der Waals surface area contributed by atoms with Gasteiger partial charge >= 0.3 is 11.9 Å². The average molecular weight is 1080 g/mol. The smallest absolute Gasteiger partial charge is 0.326 e. The monoisotopic (exact) mass is 1080 g/mol. The summed E-state index contributed by atoms with van der Waals surface area (Å²) in [6.07, 6.45) is 3.15. The lowest BCUT2D eigenvalue weighted by molar-refractivity contribution is -0.145. The van der Waals surface area contributed by atoms with Crippen LogP contribution in [0.2, 0.25) is 0 Å². The Bertz CT molecular complexity index is 2050. The van der Waals surface area contributed by atoms with Crippen molar-refractivity contribution in [2.45, 2.75) is 200 Å². The molecule has 0 bridgehead atoms. The second-order valence-corrected chi connectivity index (χ2v) is 20.8. The minimum absolute atomic E-state index is 0.0795. The third-order valence-electron chi connectivity index (χ3n) is 13.2. The first-order valence-corrected chi connectivity index (χ1v) is 26.4. The van der Waals surface area contributed by atoms with E-state index in [1.165, 1.54) is 23.6 Å². The average Bonchev–Trinajstić information content (AvgIpc) is 4.16. The highest BCUT2D eigenvalue weighted by Crippen LogP contribution is 2.24. The van der Waals surface area contributed by atoms with E-state index in [4.69, 9.17) is 15.6 Å². The Morgan fingerprint density at radius 3 is 1.58 bits per heavy atom. The molecule has 0 unspecified atom stereocenters. The number of hydrogen-bond donors (Lipinski definition) is 12. The lowest BCUT2D eigenvalue weighted by Gasteiger charge is -2.33. The van der Waals surface area contributed by atoms with Gasteiger partial charge in [-0.25, -0.2) is 4.79 Å². The highest BCUT2D eigenvalue weighted by molar-refractivity contribution is 5.99. The molecule has 3 fully saturated rings. The van der Waals surface area contributed by atoms with Gasteiger partial charge in [-0.1, -0.05) is 41.5 Å². The van der Waals surface area contributed by atoms with Crippen molar-refractivity contribution < 1.29 is 72.9 Å². The molecule has 0 aromatic heterocycles. The number of carbonyl (C=O) groups excluding carboxylic acids is 9. The number of nitrogens with two attached hydrogens (primary N) is 1. The molecule has 0 aromatic carbocycles. The van der Waals surface area contributed by atoms with E-state index < -0.39 is 144 Å². The van der Waals surface area contributed by atoms with Gasteiger partial charge in [0, 0.05) is 26.4 Å². The number of carbonyl (C=O) groups is 12. The minimum Gasteiger partial charge on any atom is -0.481 e. The van der Waals surface area contributed by atoms with Crippen molar-refractivity contribution in [2.75, 3.05) is 26.2 Å². The number of hydrogen-bond acceptors (Lipinski definition) is 14. The zero-order valence-electron chi connectivity index (χ0n) is 45.5. The molecule has 0 spiro atoms. The SMILES string of the molecule is CC(=O)O.CC(C)C[C@H](NC(=O)[C@@H]1CCCN1C(=O)[C@@H](NC(=O)[C@@H]1CCCN1C(=O)[C@H](CCC(=O)O)NC(=O)[C@H](C)NC(=O)[C@H](C)NC(=O)[C@@H]1CCCN1)C(C)C)C(=O)N[C@H](C(=O)N[C@@H](CCCCN)C(=O)O)C(C)C. The van der Waals surface area contributed by atoms with Crippen molar-refractivity contribution in [1.29, 1.82) is 0 Å². The first kappa shape index (κ1) is 65.7. The number of likely N-dealkylation sites (tertiary alicyclic amines) is 2. The summed E-state index contributed by atoms with van der Waals surface area (Å²) in [6, 6.07) is -10.8. The number of aliphatic carboxylic acids is 3. The topological polar surface area (TPSA) is 394 Å². The Morgan fingerprint density at radius 1 is 0.553 bits per heavy atom. The van der Waals surface area contributed by atoms with Crippen LogP contribution >= 0.6 is 0 Å². The summed E-state index contributed by atoms with van der Waals surface area (Å²) in [5, 5.41) is 48.1. The van der Waals surface area contributed by atoms with E-state index in [0.29, 0.717) is 45.2 Å². The molecule has 26 nitrogen and oxygen atoms in total. The van der Waals surface area contributed by atoms with Gasteiger partial charge in [-0.3, -0.25) is 52.7 Å². The van der Waals surface area contributed by atoms with E-state index in [9.17, 15) is 63.0 Å². The summed E-state index contributed by atoms with van der Waals surface area (Å²) in [5.74, 6) is -10.2. The van der Waals surface area contributed by atoms with Crippen LogP contribution in [0.5, 0.6) is 0 Å². The van der Waals surface area contributed by atoms with E-state index in [2.05, 4.69) is 42.5 Å². The standard InChI is InChI=1S/C48H81N11O13.C2H4O2/c1-25(2)24-33(42(65)56-37(26(3)4)45(68)54-32(48(71)72)14-9-10-20-49)55-43(66)34-16-13-23-59(34)47(70)38(27(5)6)57-44(67)35-17-12-22-58(35)46(69)31(18-19-36(60)61)53-40(63)29(8)51-39(62)28(7)52-41(64)30-15-11-21-50-30;1-2(3)4/h25-35,37-38,50H,9-24,49H2,1-8H3,(H,51,62)(H,52,64)(H,53,63)(H,54,68)(H,55,66)(H,56,65)(H,57,67)(H,60,61)(H,71,72);1H3,(H,3,4)/t28-,29-,30-,31-,32-,33-,34-,35-,37-,38-;/m0./s1. The highest BCUT2D eigenvalue weighted by atomic mass is 16.4. The number of nitrogens with one attached hydrogen (secondary N) is 8. The molecule has 26 heteroatoms. The maximum Gasteiger partial charge on any atom is 0.326 e. The van der Waals surface area contributed by atoms with E-state index in [0.717, 1.165) is 13.3 Å². The molecule has 10 atom stereocenters. The van der Waals surface area contributed by atoms with Gasteiger partial charge in [-0.2, -0.15) is 0 Å². The highest BCUT2D eigenvalue weighted by Gasteiger charge is 2.43. The Labute approximate surface area is 444 Å². The van der Waals surface area contributed by atoms with Crippen LogP contribution in [0.4, 0.5) is 0 Å². The Morgan fingerprint density at radius 2 is 1.08 bits per heavy atom. The Kier molecular flexibility index (Phi) is 27.8. The Balaban J connectivity index is 0.00000476. The zero-order valence-corrected chi connectivity index (χ0v) is 45.5. The molecule has 0 aromatic rings. The van der Waals surface area contributed by atoms with Crippen molar-refractivity contribution in [1.82, 2.24) is 52.3 Å². The lowest BCUT2D eigenvalue weighted by atomic mass is 9.98. The molecule has 0 radical (unpaired) electrons. The summed E-state index contributed by atoms with van der Waals surface area (Å²) in [7, 11) is 0. The maximum absolute atomic E-state index is 14.4. The number of unbranched alkanes of at least 4 members (excludes halogenated alkanes) is 1. The number of nitrogens with zero attached hydrogens (tertiary/aromatic N) is 2. The molecule has 3 rings (SSSR count). The van der Waals surface area contributed by atoms with Gasteiger partial charge in [0.05, 0.1) is 6.04 Å². The van der Waals surface area contributed by atoms with Crippen LogP contribution in [0.15, 0.2) is 0 Å². The summed E-state index contributed by atoms with van der Waals surface area (Å²) in [4.78, 5) is 158. The predicted molar refractivity (Wildman–Crippen MR) is 275 cm³/mol. The second-order valence-electron chi connectivity index (χ2n) is 20.8. The molecule has 430 valence electrons. The van der Waals surface area contributed by atoms with E-state index in [-0.39, 0.29) is 57.0 Å². The van der Waals surface area contributed by atoms with Gasteiger partial charge in [0.15, 0.2) is 0 Å². The predicted octanol–water partition coefficient (Wildman–Crippen LogP) is -1.32. The largest absolute Gasteiger partial charge is 0.481 e. The third-order valence-corrected chi connectivity index (χ3v) is 13.2. The van der Waals surface area contributed by atoms with Crippen LogP contribution in [0.1, 0.15) is 139 Å². The van der Waals surface area contributed by atoms with Crippen molar-refractivity contribution >= 4 is 71.1 Å². The van der Waals surface area contributed by atoms with E-state index in [1.807, 2.05) is 13.8 Å². The molecular formula is C50H85N11O15. The van der Waals surface area contributed by atoms with Crippen LogP contribution in [-0.4, -0.2) is 183 Å². The van der Waals surface area contributed by atoms with Crippen molar-refractivity contribution in [3.05, 3.63) is 0 Å². The lowest BCUT2D eigenvalue weighted by Crippen LogP contribution is -2.61. The number of carboxylic acids is 3. The number of amides is 9. The summed E-state index contributed by atoms with van der Waals surface area (Å²) >= 11 is 0. The quantitative estimate of drug-likeness (QED) is 0.0404. The zero-order chi connectivity index (χ0) is 57.6. The first-order chi connectivity index (χ1) is 35.6. The van der Waals surface area contributed by atoms with E-state index in [1.54, 1.807) is 27.7 Å². The molecular weight excluding hydrogens is 995 g/mol. The van der Waals surface area contributed by atoms with Crippen LogP contribution in [0.25, 0.3) is 0 Å². The fourth-order valence-electron chi connectivity index (χ4n) is 9.03. The molecule has 76 heavy (non-hydrogen) atoms. The van der Waals surface area contributed by atoms with Crippen molar-refractivity contribution in [3.8, 4) is 0 Å². The van der Waals surface area contributed by atoms with Crippen LogP contribution in [-0.2, 0) is 57.5 Å². The van der Waals surface area contributed by atoms with Gasteiger partial charge in [-0.05, 0) is 115 Å². The Hall–Kier alpha value is -6.44. The molecule has 3 saturated heterocycles. The molecule has 0 saturated carbocycles. The number of carboxylic acid groups (broad SMARTS) is 3. The van der Waals surface area contributed by atoms with E-state index >= 15 is 0 Å². The molecule has 0 aliphatic carbocycles.